The molecule has 5 nitrogen and oxygen atoms in total. The monoisotopic (exact) mass is 241 g/mol. The molecule has 0 saturated carbocycles. The molecule has 0 aromatic rings. The largest absolute Gasteiger partial charge is 0.478 e. The first-order valence-corrected chi connectivity index (χ1v) is 5.70. The summed E-state index contributed by atoms with van der Waals surface area (Å²) in [6, 6.07) is -0.0343. The lowest BCUT2D eigenvalue weighted by Gasteiger charge is -2.25. The highest BCUT2D eigenvalue weighted by atomic mass is 16.6. The van der Waals surface area contributed by atoms with E-state index in [-0.39, 0.29) is 6.04 Å². The van der Waals surface area contributed by atoms with Crippen molar-refractivity contribution in [3.63, 3.8) is 0 Å². The molecule has 0 aliphatic heterocycles. The van der Waals surface area contributed by atoms with Crippen molar-refractivity contribution in [3.8, 4) is 0 Å². The van der Waals surface area contributed by atoms with Crippen molar-refractivity contribution in [2.45, 2.75) is 51.7 Å². The van der Waals surface area contributed by atoms with Gasteiger partial charge in [-0.05, 0) is 40.0 Å². The number of hydrogen-bond donors (Lipinski definition) is 2. The van der Waals surface area contributed by atoms with Crippen LogP contribution in [-0.2, 0) is 9.53 Å². The van der Waals surface area contributed by atoms with E-state index in [2.05, 4.69) is 5.32 Å². The highest BCUT2D eigenvalue weighted by Gasteiger charge is 2.22. The van der Waals surface area contributed by atoms with Crippen molar-refractivity contribution in [1.82, 2.24) is 5.32 Å². The van der Waals surface area contributed by atoms with E-state index in [1.165, 1.54) is 0 Å². The molecule has 1 amide bonds. The molecule has 1 aliphatic rings. The van der Waals surface area contributed by atoms with Crippen molar-refractivity contribution < 1.29 is 19.4 Å². The zero-order chi connectivity index (χ0) is 13.1. The maximum atomic E-state index is 11.5. The Morgan fingerprint density at radius 2 is 2.12 bits per heavy atom. The summed E-state index contributed by atoms with van der Waals surface area (Å²) >= 11 is 0. The lowest BCUT2D eigenvalue weighted by Crippen LogP contribution is -2.39. The summed E-state index contributed by atoms with van der Waals surface area (Å²) < 4.78 is 5.13. The van der Waals surface area contributed by atoms with Crippen molar-refractivity contribution in [2.24, 2.45) is 0 Å². The molecule has 17 heavy (non-hydrogen) atoms. The topological polar surface area (TPSA) is 75.6 Å². The van der Waals surface area contributed by atoms with Gasteiger partial charge in [0.05, 0.1) is 0 Å². The number of aliphatic carboxylic acids is 1. The number of nitrogens with one attached hydrogen (secondary N) is 1. The summed E-state index contributed by atoms with van der Waals surface area (Å²) in [6.07, 6.45) is 2.87. The van der Waals surface area contributed by atoms with Gasteiger partial charge in [0, 0.05) is 11.6 Å². The fraction of sp³-hybridized carbons (Fsp3) is 0.667. The van der Waals surface area contributed by atoms with Gasteiger partial charge in [0.1, 0.15) is 5.60 Å². The molecule has 1 atom stereocenters. The van der Waals surface area contributed by atoms with Gasteiger partial charge in [0.2, 0.25) is 0 Å². The molecule has 0 heterocycles. The summed E-state index contributed by atoms with van der Waals surface area (Å²) in [4.78, 5) is 22.2. The third kappa shape index (κ3) is 4.89. The lowest BCUT2D eigenvalue weighted by molar-refractivity contribution is -0.132. The van der Waals surface area contributed by atoms with Gasteiger partial charge in [-0.25, -0.2) is 9.59 Å². The number of rotatable bonds is 2. The molecule has 1 unspecified atom stereocenters. The SMILES string of the molecule is CC(C)(C)OC(=O)NC1CC=C(C(=O)O)CC1. The molecule has 96 valence electrons. The maximum Gasteiger partial charge on any atom is 0.407 e. The number of carbonyl (C=O) groups is 2. The lowest BCUT2D eigenvalue weighted by atomic mass is 9.95. The number of alkyl carbamates (subject to hydrolysis) is 1. The number of hydrogen-bond acceptors (Lipinski definition) is 3. The zero-order valence-electron chi connectivity index (χ0n) is 10.4. The van der Waals surface area contributed by atoms with Gasteiger partial charge in [-0.3, -0.25) is 0 Å². The zero-order valence-corrected chi connectivity index (χ0v) is 10.4. The van der Waals surface area contributed by atoms with Crippen LogP contribution in [0.1, 0.15) is 40.0 Å². The summed E-state index contributed by atoms with van der Waals surface area (Å²) in [5, 5.41) is 11.5. The smallest absolute Gasteiger partial charge is 0.407 e. The molecular formula is C12H19NO4. The third-order valence-electron chi connectivity index (χ3n) is 2.41. The fourth-order valence-electron chi connectivity index (χ4n) is 1.63. The van der Waals surface area contributed by atoms with Crippen LogP contribution in [0.25, 0.3) is 0 Å². The van der Waals surface area contributed by atoms with Gasteiger partial charge in [-0.1, -0.05) is 6.08 Å². The molecule has 0 spiro atoms. The Morgan fingerprint density at radius 1 is 1.47 bits per heavy atom. The number of carboxylic acids is 1. The van der Waals surface area contributed by atoms with E-state index in [9.17, 15) is 9.59 Å². The van der Waals surface area contributed by atoms with Crippen LogP contribution in [0.2, 0.25) is 0 Å². The van der Waals surface area contributed by atoms with Gasteiger partial charge in [-0.15, -0.1) is 0 Å². The minimum absolute atomic E-state index is 0.0343. The Balaban J connectivity index is 2.41. The molecule has 1 rings (SSSR count). The van der Waals surface area contributed by atoms with Crippen molar-refractivity contribution in [1.29, 1.82) is 0 Å². The van der Waals surface area contributed by atoms with Crippen molar-refractivity contribution in [3.05, 3.63) is 11.6 Å². The molecule has 5 heteroatoms. The first-order valence-electron chi connectivity index (χ1n) is 5.70. The molecule has 2 N–H and O–H groups in total. The predicted octanol–water partition coefficient (Wildman–Crippen LogP) is 2.07. The van der Waals surface area contributed by atoms with Crippen LogP contribution in [0, 0.1) is 0 Å². The van der Waals surface area contributed by atoms with Gasteiger partial charge in [0.25, 0.3) is 0 Å². The van der Waals surface area contributed by atoms with E-state index >= 15 is 0 Å². The molecule has 0 fully saturated rings. The molecule has 0 aromatic carbocycles. The van der Waals surface area contributed by atoms with E-state index in [1.54, 1.807) is 26.8 Å². The summed E-state index contributed by atoms with van der Waals surface area (Å²) in [7, 11) is 0. The number of carbonyl (C=O) groups excluding carboxylic acids is 1. The summed E-state index contributed by atoms with van der Waals surface area (Å²) in [5.74, 6) is -0.874. The quantitative estimate of drug-likeness (QED) is 0.776. The summed E-state index contributed by atoms with van der Waals surface area (Å²) in [5.41, 5.74) is -0.0897. The second-order valence-corrected chi connectivity index (χ2v) is 5.15. The van der Waals surface area contributed by atoms with Crippen LogP contribution < -0.4 is 5.32 Å². The van der Waals surface area contributed by atoms with E-state index in [0.29, 0.717) is 24.8 Å². The number of carboxylic acid groups (broad SMARTS) is 1. The standard InChI is InChI=1S/C12H19NO4/c1-12(2,3)17-11(16)13-9-6-4-8(5-7-9)10(14)15/h4,9H,5-7H2,1-3H3,(H,13,16)(H,14,15). The predicted molar refractivity (Wildman–Crippen MR) is 62.7 cm³/mol. The van der Waals surface area contributed by atoms with Crippen LogP contribution in [-0.4, -0.2) is 28.8 Å². The van der Waals surface area contributed by atoms with Crippen molar-refractivity contribution in [2.75, 3.05) is 0 Å². The van der Waals surface area contributed by atoms with Gasteiger partial charge >= 0.3 is 12.1 Å². The first kappa shape index (κ1) is 13.5. The maximum absolute atomic E-state index is 11.5. The van der Waals surface area contributed by atoms with Crippen LogP contribution in [0.4, 0.5) is 4.79 Å². The molecular weight excluding hydrogens is 222 g/mol. The second-order valence-electron chi connectivity index (χ2n) is 5.15. The molecule has 0 radical (unpaired) electrons. The molecule has 0 bridgehead atoms. The van der Waals surface area contributed by atoms with Crippen LogP contribution in [0.5, 0.6) is 0 Å². The van der Waals surface area contributed by atoms with E-state index in [4.69, 9.17) is 9.84 Å². The fourth-order valence-corrected chi connectivity index (χ4v) is 1.63. The van der Waals surface area contributed by atoms with E-state index in [1.807, 2.05) is 0 Å². The highest BCUT2D eigenvalue weighted by molar-refractivity contribution is 5.86. The molecule has 0 saturated heterocycles. The van der Waals surface area contributed by atoms with Crippen LogP contribution >= 0.6 is 0 Å². The van der Waals surface area contributed by atoms with E-state index < -0.39 is 17.7 Å². The highest BCUT2D eigenvalue weighted by Crippen LogP contribution is 2.18. The van der Waals surface area contributed by atoms with Crippen LogP contribution in [0.3, 0.4) is 0 Å². The molecule has 1 aliphatic carbocycles. The average Bonchev–Trinajstić information content (AvgIpc) is 2.15. The van der Waals surface area contributed by atoms with Gasteiger partial charge in [-0.2, -0.15) is 0 Å². The Kier molecular flexibility index (Phi) is 4.15. The van der Waals surface area contributed by atoms with E-state index in [0.717, 1.165) is 0 Å². The minimum atomic E-state index is -0.874. The number of ether oxygens (including phenoxy) is 1. The Hall–Kier alpha value is -1.52. The van der Waals surface area contributed by atoms with Crippen LogP contribution in [0.15, 0.2) is 11.6 Å². The van der Waals surface area contributed by atoms with Gasteiger partial charge < -0.3 is 15.2 Å². The molecule has 0 aromatic heterocycles. The Morgan fingerprint density at radius 3 is 2.53 bits per heavy atom. The average molecular weight is 241 g/mol. The number of amides is 1. The Bertz CT molecular complexity index is 341. The first-order chi connectivity index (χ1) is 7.78. The third-order valence-corrected chi connectivity index (χ3v) is 2.41. The van der Waals surface area contributed by atoms with Crippen molar-refractivity contribution >= 4 is 12.1 Å². The Labute approximate surface area is 101 Å². The summed E-state index contributed by atoms with van der Waals surface area (Å²) in [6.45, 7) is 5.40. The normalized spacial score (nSPS) is 20.4. The second kappa shape index (κ2) is 5.21. The van der Waals surface area contributed by atoms with Gasteiger partial charge in [0.15, 0.2) is 0 Å². The minimum Gasteiger partial charge on any atom is -0.478 e.